The molecular weight excluding hydrogens is 323 g/mol. The summed E-state index contributed by atoms with van der Waals surface area (Å²) in [4.78, 5) is 0. The van der Waals surface area contributed by atoms with Gasteiger partial charge in [0.15, 0.2) is 0 Å². The summed E-state index contributed by atoms with van der Waals surface area (Å²) in [5, 5.41) is 9.55. The zero-order chi connectivity index (χ0) is 12.1. The number of aliphatic hydroxyl groups excluding tert-OH is 1. The molecule has 0 unspecified atom stereocenters. The largest absolute Gasteiger partial charge is 0.392 e. The molecule has 0 aromatic heterocycles. The molecule has 0 aliphatic rings. The predicted molar refractivity (Wildman–Crippen MR) is 80.8 cm³/mol. The second-order valence-corrected chi connectivity index (χ2v) is 4.76. The topological polar surface area (TPSA) is 20.2 Å². The molecule has 0 heterocycles. The molecule has 0 aliphatic carbocycles. The van der Waals surface area contributed by atoms with Gasteiger partial charge >= 0.3 is 0 Å². The molecule has 0 spiro atoms. The van der Waals surface area contributed by atoms with Crippen molar-refractivity contribution in [3.8, 4) is 0 Å². The molecule has 1 nitrogen and oxygen atoms in total. The van der Waals surface area contributed by atoms with E-state index in [1.807, 2.05) is 48.5 Å². The Kier molecular flexibility index (Phi) is 4.34. The third-order valence-electron chi connectivity index (χ3n) is 2.57. The highest BCUT2D eigenvalue weighted by molar-refractivity contribution is 14.1. The first kappa shape index (κ1) is 12.3. The van der Waals surface area contributed by atoms with Gasteiger partial charge in [-0.1, -0.05) is 60.7 Å². The van der Waals surface area contributed by atoms with Gasteiger partial charge in [0.2, 0.25) is 0 Å². The second kappa shape index (κ2) is 5.98. The van der Waals surface area contributed by atoms with Crippen LogP contribution in [-0.4, -0.2) is 11.7 Å². The van der Waals surface area contributed by atoms with Gasteiger partial charge in [0.05, 0.1) is 6.61 Å². The molecule has 0 saturated heterocycles. The van der Waals surface area contributed by atoms with Gasteiger partial charge in [-0.2, -0.15) is 0 Å². The molecule has 2 rings (SSSR count). The van der Waals surface area contributed by atoms with E-state index in [1.165, 1.54) is 0 Å². The van der Waals surface area contributed by atoms with Gasteiger partial charge in [-0.25, -0.2) is 0 Å². The molecule has 0 atom stereocenters. The molecule has 2 aromatic carbocycles. The summed E-state index contributed by atoms with van der Waals surface area (Å²) in [5.41, 5.74) is 3.18. The van der Waals surface area contributed by atoms with Crippen molar-refractivity contribution in [1.29, 1.82) is 0 Å². The third-order valence-corrected chi connectivity index (χ3v) is 3.85. The molecule has 2 aromatic rings. The molecule has 0 amide bonds. The number of aliphatic hydroxyl groups is 1. The fourth-order valence-corrected chi connectivity index (χ4v) is 2.53. The smallest absolute Gasteiger partial charge is 0.0698 e. The van der Waals surface area contributed by atoms with Crippen LogP contribution in [0.15, 0.2) is 60.7 Å². The predicted octanol–water partition coefficient (Wildman–Crippen LogP) is 3.98. The highest BCUT2D eigenvalue weighted by Crippen LogP contribution is 2.31. The first-order valence-corrected chi connectivity index (χ1v) is 6.51. The zero-order valence-corrected chi connectivity index (χ0v) is 11.5. The second-order valence-electron chi connectivity index (χ2n) is 3.68. The van der Waals surface area contributed by atoms with E-state index in [-0.39, 0.29) is 6.61 Å². The lowest BCUT2D eigenvalue weighted by atomic mass is 10.0. The lowest BCUT2D eigenvalue weighted by Gasteiger charge is -2.09. The van der Waals surface area contributed by atoms with Gasteiger partial charge in [-0.3, -0.25) is 0 Å². The average Bonchev–Trinajstić information content (AvgIpc) is 2.42. The van der Waals surface area contributed by atoms with Gasteiger partial charge in [0.1, 0.15) is 0 Å². The summed E-state index contributed by atoms with van der Waals surface area (Å²) >= 11 is 2.29. The minimum Gasteiger partial charge on any atom is -0.392 e. The number of hydrogen-bond donors (Lipinski definition) is 1. The molecule has 0 radical (unpaired) electrons. The quantitative estimate of drug-likeness (QED) is 0.664. The first-order chi connectivity index (χ1) is 8.33. The van der Waals surface area contributed by atoms with Crippen molar-refractivity contribution < 1.29 is 5.11 Å². The Morgan fingerprint density at radius 1 is 0.824 bits per heavy atom. The van der Waals surface area contributed by atoms with Crippen LogP contribution in [0.4, 0.5) is 0 Å². The van der Waals surface area contributed by atoms with E-state index in [0.29, 0.717) is 0 Å². The van der Waals surface area contributed by atoms with Gasteiger partial charge in [0, 0.05) is 3.58 Å². The maximum absolute atomic E-state index is 9.55. The minimum atomic E-state index is 0.0528. The lowest BCUT2D eigenvalue weighted by Crippen LogP contribution is -1.93. The van der Waals surface area contributed by atoms with E-state index < -0.39 is 0 Å². The van der Waals surface area contributed by atoms with Crippen LogP contribution in [0.3, 0.4) is 0 Å². The first-order valence-electron chi connectivity index (χ1n) is 5.43. The summed E-state index contributed by atoms with van der Waals surface area (Å²) in [5.74, 6) is 0. The highest BCUT2D eigenvalue weighted by Gasteiger charge is 2.07. The van der Waals surface area contributed by atoms with E-state index in [2.05, 4.69) is 34.7 Å². The van der Waals surface area contributed by atoms with Gasteiger partial charge in [-0.05, 0) is 39.3 Å². The molecule has 1 N–H and O–H groups in total. The van der Waals surface area contributed by atoms with Crippen molar-refractivity contribution in [2.75, 3.05) is 6.61 Å². The van der Waals surface area contributed by atoms with E-state index in [1.54, 1.807) is 0 Å². The molecule has 17 heavy (non-hydrogen) atoms. The van der Waals surface area contributed by atoms with Crippen LogP contribution < -0.4 is 0 Å². The Morgan fingerprint density at radius 2 is 1.29 bits per heavy atom. The Bertz CT molecular complexity index is 503. The summed E-state index contributed by atoms with van der Waals surface area (Å²) in [6, 6.07) is 20.1. The van der Waals surface area contributed by atoms with Crippen LogP contribution in [0.25, 0.3) is 9.15 Å². The monoisotopic (exact) mass is 336 g/mol. The van der Waals surface area contributed by atoms with Crippen molar-refractivity contribution in [2.45, 2.75) is 0 Å². The third kappa shape index (κ3) is 2.96. The lowest BCUT2D eigenvalue weighted by molar-refractivity contribution is 0.350. The van der Waals surface area contributed by atoms with Crippen LogP contribution >= 0.6 is 22.6 Å². The Hall–Kier alpha value is -1.13. The Morgan fingerprint density at radius 3 is 1.76 bits per heavy atom. The van der Waals surface area contributed by atoms with Crippen molar-refractivity contribution in [1.82, 2.24) is 0 Å². The van der Waals surface area contributed by atoms with Crippen molar-refractivity contribution >= 4 is 31.7 Å². The average molecular weight is 336 g/mol. The van der Waals surface area contributed by atoms with E-state index in [0.717, 1.165) is 20.3 Å². The van der Waals surface area contributed by atoms with Crippen molar-refractivity contribution in [3.63, 3.8) is 0 Å². The SMILES string of the molecule is OC/C(=C(\I)c1ccccc1)c1ccccc1. The molecule has 0 bridgehead atoms. The van der Waals surface area contributed by atoms with Crippen LogP contribution in [0.2, 0.25) is 0 Å². The number of halogens is 1. The molecule has 0 saturated carbocycles. The maximum atomic E-state index is 9.55. The van der Waals surface area contributed by atoms with Gasteiger partial charge in [-0.15, -0.1) is 0 Å². The number of rotatable bonds is 3. The van der Waals surface area contributed by atoms with Crippen molar-refractivity contribution in [3.05, 3.63) is 71.8 Å². The zero-order valence-electron chi connectivity index (χ0n) is 9.31. The standard InChI is InChI=1S/C15H13IO/c16-15(13-9-5-2-6-10-13)14(11-17)12-7-3-1-4-8-12/h1-10,17H,11H2/b15-14+. The Labute approximate surface area is 115 Å². The molecular formula is C15H13IO. The van der Waals surface area contributed by atoms with Crippen LogP contribution in [0.1, 0.15) is 11.1 Å². The van der Waals surface area contributed by atoms with Crippen LogP contribution in [-0.2, 0) is 0 Å². The minimum absolute atomic E-state index is 0.0528. The normalized spacial score (nSPS) is 12.1. The summed E-state index contributed by atoms with van der Waals surface area (Å²) in [6.07, 6.45) is 0. The molecule has 0 aliphatic heterocycles. The molecule has 2 heteroatoms. The van der Waals surface area contributed by atoms with Gasteiger partial charge in [0.25, 0.3) is 0 Å². The highest BCUT2D eigenvalue weighted by atomic mass is 127. The van der Waals surface area contributed by atoms with Gasteiger partial charge < -0.3 is 5.11 Å². The fourth-order valence-electron chi connectivity index (χ4n) is 1.69. The van der Waals surface area contributed by atoms with E-state index in [9.17, 15) is 5.11 Å². The maximum Gasteiger partial charge on any atom is 0.0698 e. The van der Waals surface area contributed by atoms with E-state index in [4.69, 9.17) is 0 Å². The Balaban J connectivity index is 2.48. The van der Waals surface area contributed by atoms with Crippen molar-refractivity contribution in [2.24, 2.45) is 0 Å². The molecule has 86 valence electrons. The molecule has 0 fully saturated rings. The van der Waals surface area contributed by atoms with Crippen LogP contribution in [0.5, 0.6) is 0 Å². The van der Waals surface area contributed by atoms with E-state index >= 15 is 0 Å². The van der Waals surface area contributed by atoms with Crippen LogP contribution in [0, 0.1) is 0 Å². The summed E-state index contributed by atoms with van der Waals surface area (Å²) < 4.78 is 1.09. The summed E-state index contributed by atoms with van der Waals surface area (Å²) in [7, 11) is 0. The number of hydrogen-bond acceptors (Lipinski definition) is 1. The summed E-state index contributed by atoms with van der Waals surface area (Å²) in [6.45, 7) is 0.0528. The number of benzene rings is 2. The fraction of sp³-hybridized carbons (Fsp3) is 0.0667.